The molecule has 1 aliphatic rings. The van der Waals surface area contributed by atoms with Crippen LogP contribution in [0.4, 0.5) is 4.79 Å². The summed E-state index contributed by atoms with van der Waals surface area (Å²) in [4.78, 5) is 11.0. The third kappa shape index (κ3) is 4.92. The molecule has 0 saturated heterocycles. The smallest absolute Gasteiger partial charge is 0.421 e. The molecule has 0 bridgehead atoms. The van der Waals surface area contributed by atoms with Crippen molar-refractivity contribution in [3.05, 3.63) is 0 Å². The Morgan fingerprint density at radius 3 is 2.40 bits per heavy atom. The van der Waals surface area contributed by atoms with E-state index in [0.29, 0.717) is 6.04 Å². The standard InChI is InChI=1S/C12H25N3O4S/c1-4-9-13-10-5-7-11(8-6-10)15(2)20(17,18)14-12(16)19-3/h10-11,13H,4-9H2,1-3H3,(H,14,16). The monoisotopic (exact) mass is 307 g/mol. The predicted molar refractivity (Wildman–Crippen MR) is 76.6 cm³/mol. The zero-order chi connectivity index (χ0) is 15.2. The second kappa shape index (κ2) is 7.80. The summed E-state index contributed by atoms with van der Waals surface area (Å²) in [5.41, 5.74) is 0. The largest absolute Gasteiger partial charge is 0.452 e. The van der Waals surface area contributed by atoms with Crippen molar-refractivity contribution in [3.8, 4) is 0 Å². The minimum Gasteiger partial charge on any atom is -0.452 e. The van der Waals surface area contributed by atoms with Crippen molar-refractivity contribution in [1.29, 1.82) is 0 Å². The quantitative estimate of drug-likeness (QED) is 0.759. The molecule has 1 fully saturated rings. The lowest BCUT2D eigenvalue weighted by molar-refractivity contribution is 0.176. The molecule has 2 N–H and O–H groups in total. The number of ether oxygens (including phenoxy) is 1. The molecule has 7 nitrogen and oxygen atoms in total. The van der Waals surface area contributed by atoms with E-state index in [9.17, 15) is 13.2 Å². The molecular formula is C12H25N3O4S. The third-order valence-electron chi connectivity index (χ3n) is 3.67. The fourth-order valence-electron chi connectivity index (χ4n) is 2.41. The number of carbonyl (C=O) groups excluding carboxylic acids is 1. The van der Waals surface area contributed by atoms with Crippen LogP contribution in [0, 0.1) is 0 Å². The first-order valence-corrected chi connectivity index (χ1v) is 8.41. The molecule has 0 radical (unpaired) electrons. The molecule has 1 amide bonds. The number of hydrogen-bond acceptors (Lipinski definition) is 5. The first kappa shape index (κ1) is 17.2. The van der Waals surface area contributed by atoms with Gasteiger partial charge in [0.15, 0.2) is 0 Å². The van der Waals surface area contributed by atoms with Gasteiger partial charge in [0.1, 0.15) is 0 Å². The summed E-state index contributed by atoms with van der Waals surface area (Å²) >= 11 is 0. The molecule has 0 unspecified atom stereocenters. The zero-order valence-electron chi connectivity index (χ0n) is 12.4. The van der Waals surface area contributed by atoms with Crippen LogP contribution in [0.2, 0.25) is 0 Å². The van der Waals surface area contributed by atoms with E-state index in [1.165, 1.54) is 11.4 Å². The van der Waals surface area contributed by atoms with E-state index < -0.39 is 16.3 Å². The van der Waals surface area contributed by atoms with Crippen molar-refractivity contribution in [2.45, 2.75) is 51.1 Å². The first-order valence-electron chi connectivity index (χ1n) is 6.97. The molecule has 0 aromatic carbocycles. The number of rotatable bonds is 6. The van der Waals surface area contributed by atoms with E-state index >= 15 is 0 Å². The van der Waals surface area contributed by atoms with Crippen molar-refractivity contribution in [1.82, 2.24) is 14.3 Å². The maximum Gasteiger partial charge on any atom is 0.421 e. The summed E-state index contributed by atoms with van der Waals surface area (Å²) in [6.45, 7) is 3.12. The molecule has 0 atom stereocenters. The van der Waals surface area contributed by atoms with Crippen LogP contribution in [-0.4, -0.2) is 51.6 Å². The van der Waals surface area contributed by atoms with Gasteiger partial charge in [0.2, 0.25) is 0 Å². The van der Waals surface area contributed by atoms with Crippen molar-refractivity contribution < 1.29 is 17.9 Å². The van der Waals surface area contributed by atoms with Gasteiger partial charge in [-0.25, -0.2) is 9.52 Å². The molecule has 8 heteroatoms. The van der Waals surface area contributed by atoms with Crippen LogP contribution in [0.15, 0.2) is 0 Å². The van der Waals surface area contributed by atoms with Gasteiger partial charge in [0.05, 0.1) is 7.11 Å². The number of amides is 1. The van der Waals surface area contributed by atoms with Crippen LogP contribution in [0.3, 0.4) is 0 Å². The normalized spacial score (nSPS) is 23.6. The van der Waals surface area contributed by atoms with Gasteiger partial charge in [-0.3, -0.25) is 0 Å². The molecule has 0 heterocycles. The summed E-state index contributed by atoms with van der Waals surface area (Å²) in [6.07, 6.45) is 3.61. The second-order valence-electron chi connectivity index (χ2n) is 5.07. The molecule has 118 valence electrons. The Kier molecular flexibility index (Phi) is 6.70. The van der Waals surface area contributed by atoms with Gasteiger partial charge in [0, 0.05) is 19.1 Å². The SMILES string of the molecule is CCCNC1CCC(N(C)S(=O)(=O)NC(=O)OC)CC1. The molecule has 20 heavy (non-hydrogen) atoms. The van der Waals surface area contributed by atoms with Gasteiger partial charge in [-0.2, -0.15) is 12.7 Å². The summed E-state index contributed by atoms with van der Waals surface area (Å²) in [6, 6.07) is 0.396. The van der Waals surface area contributed by atoms with Crippen LogP contribution in [0.5, 0.6) is 0 Å². The fourth-order valence-corrected chi connectivity index (χ4v) is 3.45. The summed E-state index contributed by atoms with van der Waals surface area (Å²) in [7, 11) is -1.19. The Hall–Kier alpha value is -0.860. The lowest BCUT2D eigenvalue weighted by Crippen LogP contribution is -2.48. The maximum atomic E-state index is 12.0. The minimum atomic E-state index is -3.82. The minimum absolute atomic E-state index is 0.0724. The van der Waals surface area contributed by atoms with Crippen molar-refractivity contribution in [3.63, 3.8) is 0 Å². The van der Waals surface area contributed by atoms with E-state index in [-0.39, 0.29) is 6.04 Å². The van der Waals surface area contributed by atoms with E-state index in [1.54, 1.807) is 0 Å². The van der Waals surface area contributed by atoms with Gasteiger partial charge in [-0.15, -0.1) is 0 Å². The highest BCUT2D eigenvalue weighted by molar-refractivity contribution is 7.87. The average molecular weight is 307 g/mol. The summed E-state index contributed by atoms with van der Waals surface area (Å²) in [5.74, 6) is 0. The van der Waals surface area contributed by atoms with E-state index in [1.807, 2.05) is 4.72 Å². The van der Waals surface area contributed by atoms with Gasteiger partial charge in [-0.05, 0) is 38.6 Å². The van der Waals surface area contributed by atoms with Crippen molar-refractivity contribution in [2.75, 3.05) is 20.7 Å². The molecule has 1 aliphatic carbocycles. The summed E-state index contributed by atoms with van der Waals surface area (Å²) in [5, 5.41) is 3.45. The highest BCUT2D eigenvalue weighted by Gasteiger charge is 2.31. The van der Waals surface area contributed by atoms with Crippen LogP contribution in [0.1, 0.15) is 39.0 Å². The van der Waals surface area contributed by atoms with Crippen molar-refractivity contribution >= 4 is 16.3 Å². The van der Waals surface area contributed by atoms with E-state index in [0.717, 1.165) is 45.8 Å². The molecule has 1 rings (SSSR count). The third-order valence-corrected chi connectivity index (χ3v) is 5.15. The highest BCUT2D eigenvalue weighted by Crippen LogP contribution is 2.23. The Balaban J connectivity index is 2.49. The molecule has 0 aliphatic heterocycles. The molecule has 0 spiro atoms. The van der Waals surface area contributed by atoms with Crippen LogP contribution < -0.4 is 10.0 Å². The zero-order valence-corrected chi connectivity index (χ0v) is 13.2. The maximum absolute atomic E-state index is 12.0. The predicted octanol–water partition coefficient (Wildman–Crippen LogP) is 0.830. The second-order valence-corrected chi connectivity index (χ2v) is 6.80. The molecule has 1 saturated carbocycles. The Labute approximate surface area is 121 Å². The number of hydrogen-bond donors (Lipinski definition) is 2. The Morgan fingerprint density at radius 1 is 1.30 bits per heavy atom. The molecular weight excluding hydrogens is 282 g/mol. The average Bonchev–Trinajstić information content (AvgIpc) is 2.44. The number of nitrogens with zero attached hydrogens (tertiary/aromatic N) is 1. The van der Waals surface area contributed by atoms with Crippen molar-refractivity contribution in [2.24, 2.45) is 0 Å². The number of carbonyl (C=O) groups is 1. The molecule has 0 aromatic rings. The fraction of sp³-hybridized carbons (Fsp3) is 0.917. The van der Waals surface area contributed by atoms with Gasteiger partial charge in [0.25, 0.3) is 0 Å². The topological polar surface area (TPSA) is 87.7 Å². The number of nitrogens with one attached hydrogen (secondary N) is 2. The number of methoxy groups -OCH3 is 1. The van der Waals surface area contributed by atoms with Gasteiger partial charge in [-0.1, -0.05) is 6.92 Å². The van der Waals surface area contributed by atoms with E-state index in [4.69, 9.17) is 0 Å². The lowest BCUT2D eigenvalue weighted by Gasteiger charge is -2.34. The van der Waals surface area contributed by atoms with Gasteiger partial charge < -0.3 is 10.1 Å². The Morgan fingerprint density at radius 2 is 1.90 bits per heavy atom. The summed E-state index contributed by atoms with van der Waals surface area (Å²) < 4.78 is 31.3. The Bertz CT molecular complexity index is 405. The lowest BCUT2D eigenvalue weighted by atomic mass is 9.91. The van der Waals surface area contributed by atoms with E-state index in [2.05, 4.69) is 17.0 Å². The van der Waals surface area contributed by atoms with Gasteiger partial charge >= 0.3 is 16.3 Å². The molecule has 0 aromatic heterocycles. The highest BCUT2D eigenvalue weighted by atomic mass is 32.2. The first-order chi connectivity index (χ1) is 9.40. The van der Waals surface area contributed by atoms with Crippen LogP contribution in [0.25, 0.3) is 0 Å². The van der Waals surface area contributed by atoms with Crippen LogP contribution in [-0.2, 0) is 14.9 Å². The van der Waals surface area contributed by atoms with Crippen LogP contribution >= 0.6 is 0 Å².